The highest BCUT2D eigenvalue weighted by Crippen LogP contribution is 2.34. The van der Waals surface area contributed by atoms with Gasteiger partial charge in [0.2, 0.25) is 0 Å². The lowest BCUT2D eigenvalue weighted by Gasteiger charge is -2.34. The smallest absolute Gasteiger partial charge is 0.270 e. The van der Waals surface area contributed by atoms with Crippen LogP contribution in [0.5, 0.6) is 0 Å². The fourth-order valence-corrected chi connectivity index (χ4v) is 4.38. The molecule has 2 aromatic rings. The van der Waals surface area contributed by atoms with Gasteiger partial charge >= 0.3 is 0 Å². The number of rotatable bonds is 8. The van der Waals surface area contributed by atoms with Crippen molar-refractivity contribution in [3.05, 3.63) is 64.0 Å². The van der Waals surface area contributed by atoms with Gasteiger partial charge in [-0.25, -0.2) is 4.39 Å². The number of morpholine rings is 1. The zero-order chi connectivity index (χ0) is 22.4. The number of hydrogen-bond acceptors (Lipinski definition) is 6. The molecule has 1 fully saturated rings. The van der Waals surface area contributed by atoms with Gasteiger partial charge in [0.15, 0.2) is 0 Å². The summed E-state index contributed by atoms with van der Waals surface area (Å²) >= 11 is 1.06. The molecule has 1 aliphatic heterocycles. The summed E-state index contributed by atoms with van der Waals surface area (Å²) in [5.74, 6) is -0.332. The van der Waals surface area contributed by atoms with E-state index in [0.717, 1.165) is 24.9 Å². The Bertz CT molecular complexity index is 941. The van der Waals surface area contributed by atoms with Crippen molar-refractivity contribution in [1.29, 1.82) is 0 Å². The van der Waals surface area contributed by atoms with Crippen molar-refractivity contribution < 1.29 is 18.8 Å². The van der Waals surface area contributed by atoms with Gasteiger partial charge in [0.25, 0.3) is 11.6 Å². The first-order valence-corrected chi connectivity index (χ1v) is 11.0. The first kappa shape index (κ1) is 23.2. The van der Waals surface area contributed by atoms with Crippen LogP contribution in [0.1, 0.15) is 24.2 Å². The molecule has 31 heavy (non-hydrogen) atoms. The Kier molecular flexibility index (Phi) is 8.00. The van der Waals surface area contributed by atoms with Crippen molar-refractivity contribution in [2.45, 2.75) is 29.7 Å². The summed E-state index contributed by atoms with van der Waals surface area (Å²) in [4.78, 5) is 26.6. The van der Waals surface area contributed by atoms with Gasteiger partial charge in [0.05, 0.1) is 23.2 Å². The van der Waals surface area contributed by atoms with E-state index in [4.69, 9.17) is 4.74 Å². The lowest BCUT2D eigenvalue weighted by molar-refractivity contribution is -0.384. The minimum atomic E-state index is -0.553. The van der Waals surface area contributed by atoms with Gasteiger partial charge < -0.3 is 10.1 Å². The molecule has 1 heterocycles. The Morgan fingerprint density at radius 2 is 2.10 bits per heavy atom. The summed E-state index contributed by atoms with van der Waals surface area (Å²) in [6.07, 6.45) is -0.155. The first-order chi connectivity index (χ1) is 14.8. The third kappa shape index (κ3) is 6.49. The van der Waals surface area contributed by atoms with E-state index in [1.165, 1.54) is 24.3 Å². The predicted molar refractivity (Wildman–Crippen MR) is 117 cm³/mol. The number of nitro groups is 1. The van der Waals surface area contributed by atoms with Crippen molar-refractivity contribution in [3.63, 3.8) is 0 Å². The maximum atomic E-state index is 14.1. The Morgan fingerprint density at radius 3 is 2.81 bits per heavy atom. The number of benzene rings is 2. The van der Waals surface area contributed by atoms with Crippen LogP contribution in [0.4, 0.5) is 10.1 Å². The monoisotopic (exact) mass is 447 g/mol. The molecule has 1 saturated heterocycles. The summed E-state index contributed by atoms with van der Waals surface area (Å²) < 4.78 is 19.8. The summed E-state index contributed by atoms with van der Waals surface area (Å²) in [5.41, 5.74) is -0.0580. The van der Waals surface area contributed by atoms with Crippen LogP contribution in [0, 0.1) is 21.8 Å². The topological polar surface area (TPSA) is 84.7 Å². The molecular formula is C22H26FN3O4S. The number of carbonyl (C=O) groups is 1. The molecule has 1 amide bonds. The number of nitrogens with one attached hydrogen (secondary N) is 1. The summed E-state index contributed by atoms with van der Waals surface area (Å²) in [5, 5.41) is 14.0. The van der Waals surface area contributed by atoms with E-state index in [1.54, 1.807) is 18.2 Å². The zero-order valence-electron chi connectivity index (χ0n) is 17.5. The van der Waals surface area contributed by atoms with E-state index < -0.39 is 16.6 Å². The van der Waals surface area contributed by atoms with Crippen molar-refractivity contribution >= 4 is 23.4 Å². The Morgan fingerprint density at radius 1 is 1.32 bits per heavy atom. The van der Waals surface area contributed by atoms with E-state index in [1.807, 2.05) is 0 Å². The SMILES string of the molecule is CC(C)CN1CCOC(CNC(=O)c2cc([N+](=O)[O-])ccc2Sc2ccccc2F)C1. The molecule has 0 saturated carbocycles. The first-order valence-electron chi connectivity index (χ1n) is 10.2. The molecule has 0 bridgehead atoms. The van der Waals surface area contributed by atoms with Crippen LogP contribution in [-0.2, 0) is 4.74 Å². The zero-order valence-corrected chi connectivity index (χ0v) is 18.4. The van der Waals surface area contributed by atoms with E-state index >= 15 is 0 Å². The van der Waals surface area contributed by atoms with Crippen LogP contribution in [0.2, 0.25) is 0 Å². The molecule has 166 valence electrons. The van der Waals surface area contributed by atoms with Crippen LogP contribution in [-0.4, -0.2) is 54.6 Å². The standard InChI is InChI=1S/C22H26FN3O4S/c1-15(2)13-25-9-10-30-17(14-25)12-24-22(27)18-11-16(26(28)29)7-8-20(18)31-21-6-4-3-5-19(21)23/h3-8,11,15,17H,9-10,12-14H2,1-2H3,(H,24,27). The molecule has 1 N–H and O–H groups in total. The average molecular weight is 448 g/mol. The summed E-state index contributed by atoms with van der Waals surface area (Å²) in [6, 6.07) is 10.2. The number of halogens is 1. The molecule has 0 aromatic heterocycles. The number of amides is 1. The predicted octanol–water partition coefficient (Wildman–Crippen LogP) is 3.97. The average Bonchev–Trinajstić information content (AvgIpc) is 2.73. The third-order valence-corrected chi connectivity index (χ3v) is 5.94. The maximum Gasteiger partial charge on any atom is 0.270 e. The van der Waals surface area contributed by atoms with Crippen LogP contribution in [0.3, 0.4) is 0 Å². The molecule has 0 aliphatic carbocycles. The quantitative estimate of drug-likeness (QED) is 0.487. The molecule has 0 spiro atoms. The minimum absolute atomic E-state index is 0.136. The molecule has 7 nitrogen and oxygen atoms in total. The van der Waals surface area contributed by atoms with Crippen LogP contribution in [0.25, 0.3) is 0 Å². The van der Waals surface area contributed by atoms with Gasteiger partial charge in [-0.2, -0.15) is 0 Å². The number of ether oxygens (including phenoxy) is 1. The highest BCUT2D eigenvalue weighted by molar-refractivity contribution is 7.99. The second kappa shape index (κ2) is 10.7. The Labute approximate surface area is 185 Å². The second-order valence-corrected chi connectivity index (χ2v) is 8.91. The van der Waals surface area contributed by atoms with Crippen LogP contribution >= 0.6 is 11.8 Å². The van der Waals surface area contributed by atoms with Gasteiger partial charge in [0, 0.05) is 48.1 Å². The highest BCUT2D eigenvalue weighted by Gasteiger charge is 2.23. The van der Waals surface area contributed by atoms with Crippen molar-refractivity contribution in [3.8, 4) is 0 Å². The van der Waals surface area contributed by atoms with E-state index in [-0.39, 0.29) is 17.4 Å². The molecule has 1 aliphatic rings. The Hall–Kier alpha value is -2.49. The van der Waals surface area contributed by atoms with E-state index in [9.17, 15) is 19.3 Å². The number of hydrogen-bond donors (Lipinski definition) is 1. The van der Waals surface area contributed by atoms with E-state index in [2.05, 4.69) is 24.1 Å². The maximum absolute atomic E-state index is 14.1. The van der Waals surface area contributed by atoms with Gasteiger partial charge in [-0.15, -0.1) is 0 Å². The number of carbonyl (C=O) groups excluding carboxylic acids is 1. The molecule has 1 atom stereocenters. The molecule has 9 heteroatoms. The van der Waals surface area contributed by atoms with Crippen molar-refractivity contribution in [1.82, 2.24) is 10.2 Å². The fraction of sp³-hybridized carbons (Fsp3) is 0.409. The second-order valence-electron chi connectivity index (χ2n) is 7.83. The molecule has 1 unspecified atom stereocenters. The molecular weight excluding hydrogens is 421 g/mol. The lowest BCUT2D eigenvalue weighted by atomic mass is 10.1. The van der Waals surface area contributed by atoms with E-state index in [0.29, 0.717) is 35.4 Å². The lowest BCUT2D eigenvalue weighted by Crippen LogP contribution is -2.48. The molecule has 3 rings (SSSR count). The van der Waals surface area contributed by atoms with Gasteiger partial charge in [-0.3, -0.25) is 19.8 Å². The molecule has 0 radical (unpaired) electrons. The van der Waals surface area contributed by atoms with Crippen molar-refractivity contribution in [2.24, 2.45) is 5.92 Å². The largest absolute Gasteiger partial charge is 0.374 e. The normalized spacial score (nSPS) is 17.0. The molecule has 2 aromatic carbocycles. The summed E-state index contributed by atoms with van der Waals surface area (Å²) in [7, 11) is 0. The fourth-order valence-electron chi connectivity index (χ4n) is 3.43. The number of nitrogens with zero attached hydrogens (tertiary/aromatic N) is 2. The third-order valence-electron chi connectivity index (χ3n) is 4.81. The highest BCUT2D eigenvalue weighted by atomic mass is 32.2. The number of nitro benzene ring substituents is 1. The van der Waals surface area contributed by atoms with Crippen LogP contribution in [0.15, 0.2) is 52.3 Å². The summed E-state index contributed by atoms with van der Waals surface area (Å²) in [6.45, 7) is 7.73. The Balaban J connectivity index is 1.73. The number of non-ortho nitro benzene ring substituents is 1. The van der Waals surface area contributed by atoms with Crippen LogP contribution < -0.4 is 5.32 Å². The minimum Gasteiger partial charge on any atom is -0.374 e. The van der Waals surface area contributed by atoms with Gasteiger partial charge in [-0.05, 0) is 24.1 Å². The van der Waals surface area contributed by atoms with Gasteiger partial charge in [0.1, 0.15) is 5.82 Å². The van der Waals surface area contributed by atoms with Crippen molar-refractivity contribution in [2.75, 3.05) is 32.8 Å². The van der Waals surface area contributed by atoms with Gasteiger partial charge in [-0.1, -0.05) is 37.7 Å².